The molecule has 0 aliphatic heterocycles. The number of nitrogens with one attached hydrogen (secondary N) is 1. The number of aliphatic hydroxyl groups is 2. The van der Waals surface area contributed by atoms with Crippen LogP contribution >= 0.6 is 0 Å². The number of rotatable bonds is 4. The van der Waals surface area contributed by atoms with Crippen LogP contribution in [-0.4, -0.2) is 29.1 Å². The summed E-state index contributed by atoms with van der Waals surface area (Å²) >= 11 is 0. The molecule has 0 amide bonds. The molecule has 0 aromatic carbocycles. The van der Waals surface area contributed by atoms with Gasteiger partial charge in [0.2, 0.25) is 0 Å². The fourth-order valence-corrected chi connectivity index (χ4v) is 0.698. The molecule has 3 N–H and O–H groups in total. The molecule has 0 bridgehead atoms. The van der Waals surface area contributed by atoms with Crippen LogP contribution in [0.3, 0.4) is 0 Å². The zero-order chi connectivity index (χ0) is 9.78. The summed E-state index contributed by atoms with van der Waals surface area (Å²) in [6, 6.07) is 0. The molecule has 0 aliphatic rings. The molecule has 3 heteroatoms. The molecule has 0 radical (unpaired) electrons. The van der Waals surface area contributed by atoms with Gasteiger partial charge in [-0.25, -0.2) is 0 Å². The Morgan fingerprint density at radius 2 is 1.75 bits per heavy atom. The van der Waals surface area contributed by atoms with Crippen molar-refractivity contribution in [2.75, 3.05) is 6.54 Å². The molecule has 0 saturated heterocycles. The Labute approximate surface area is 74.8 Å². The predicted molar refractivity (Wildman–Crippen MR) is 49.8 cm³/mol. The second-order valence-electron chi connectivity index (χ2n) is 4.24. The van der Waals surface area contributed by atoms with Gasteiger partial charge in [0.25, 0.3) is 0 Å². The van der Waals surface area contributed by atoms with Crippen molar-refractivity contribution in [3.05, 3.63) is 0 Å². The van der Waals surface area contributed by atoms with Gasteiger partial charge in [0.15, 0.2) is 0 Å². The van der Waals surface area contributed by atoms with E-state index in [1.807, 2.05) is 27.7 Å². The van der Waals surface area contributed by atoms with Crippen molar-refractivity contribution in [2.24, 2.45) is 5.41 Å². The van der Waals surface area contributed by atoms with Crippen LogP contribution in [0.15, 0.2) is 0 Å². The van der Waals surface area contributed by atoms with Crippen molar-refractivity contribution >= 4 is 0 Å². The standard InChI is InChI=1S/C9H21NO2/c1-5-7(11)6-10-8(12)9(2,3)4/h7-8,10-12H,5-6H2,1-4H3/t7-,8?/m0/s1. The second-order valence-corrected chi connectivity index (χ2v) is 4.24. The lowest BCUT2D eigenvalue weighted by molar-refractivity contribution is 0.0210. The van der Waals surface area contributed by atoms with Gasteiger partial charge in [0, 0.05) is 12.0 Å². The van der Waals surface area contributed by atoms with Crippen LogP contribution in [0.25, 0.3) is 0 Å². The van der Waals surface area contributed by atoms with Gasteiger partial charge in [0.1, 0.15) is 6.23 Å². The molecular formula is C9H21NO2. The average molecular weight is 175 g/mol. The summed E-state index contributed by atoms with van der Waals surface area (Å²) in [5.74, 6) is 0. The lowest BCUT2D eigenvalue weighted by Gasteiger charge is -2.27. The largest absolute Gasteiger partial charge is 0.392 e. The van der Waals surface area contributed by atoms with Crippen LogP contribution < -0.4 is 5.32 Å². The van der Waals surface area contributed by atoms with E-state index in [-0.39, 0.29) is 11.5 Å². The molecule has 0 heterocycles. The van der Waals surface area contributed by atoms with E-state index in [1.165, 1.54) is 0 Å². The molecule has 1 unspecified atom stereocenters. The van der Waals surface area contributed by atoms with Gasteiger partial charge in [0.05, 0.1) is 6.10 Å². The molecule has 0 rings (SSSR count). The minimum atomic E-state index is -0.557. The molecule has 0 aromatic heterocycles. The van der Waals surface area contributed by atoms with Crippen LogP contribution in [0.1, 0.15) is 34.1 Å². The molecule has 3 nitrogen and oxygen atoms in total. The Hall–Kier alpha value is -0.120. The van der Waals surface area contributed by atoms with E-state index in [0.717, 1.165) is 0 Å². The maximum Gasteiger partial charge on any atom is 0.109 e. The summed E-state index contributed by atoms with van der Waals surface area (Å²) in [6.07, 6.45) is -0.204. The maximum absolute atomic E-state index is 9.51. The zero-order valence-corrected chi connectivity index (χ0v) is 8.46. The smallest absolute Gasteiger partial charge is 0.109 e. The highest BCUT2D eigenvalue weighted by Crippen LogP contribution is 2.16. The third kappa shape index (κ3) is 4.70. The quantitative estimate of drug-likeness (QED) is 0.552. The van der Waals surface area contributed by atoms with Gasteiger partial charge >= 0.3 is 0 Å². The summed E-state index contributed by atoms with van der Waals surface area (Å²) in [5.41, 5.74) is -0.173. The Balaban J connectivity index is 3.64. The van der Waals surface area contributed by atoms with Crippen LogP contribution in [0, 0.1) is 5.41 Å². The third-order valence-corrected chi connectivity index (χ3v) is 1.84. The Bertz CT molecular complexity index is 120. The first kappa shape index (κ1) is 11.9. The maximum atomic E-state index is 9.51. The van der Waals surface area contributed by atoms with Gasteiger partial charge in [-0.15, -0.1) is 0 Å². The Kier molecular flexibility index (Phi) is 4.75. The molecule has 0 saturated carbocycles. The molecule has 2 atom stereocenters. The summed E-state index contributed by atoms with van der Waals surface area (Å²) in [6.45, 7) is 8.21. The molecule has 0 spiro atoms. The van der Waals surface area contributed by atoms with E-state index in [2.05, 4.69) is 5.32 Å². The number of hydrogen-bond acceptors (Lipinski definition) is 3. The molecule has 0 fully saturated rings. The third-order valence-electron chi connectivity index (χ3n) is 1.84. The van der Waals surface area contributed by atoms with Crippen molar-refractivity contribution in [3.63, 3.8) is 0 Å². The normalized spacial score (nSPS) is 17.5. The van der Waals surface area contributed by atoms with E-state index >= 15 is 0 Å². The fourth-order valence-electron chi connectivity index (χ4n) is 0.698. The van der Waals surface area contributed by atoms with E-state index in [1.54, 1.807) is 0 Å². The van der Waals surface area contributed by atoms with E-state index in [0.29, 0.717) is 13.0 Å². The average Bonchev–Trinajstić information content (AvgIpc) is 1.97. The molecule has 0 aromatic rings. The van der Waals surface area contributed by atoms with Crippen molar-refractivity contribution in [1.82, 2.24) is 5.32 Å². The highest BCUT2D eigenvalue weighted by molar-refractivity contribution is 4.71. The highest BCUT2D eigenvalue weighted by atomic mass is 16.3. The van der Waals surface area contributed by atoms with Crippen molar-refractivity contribution in [1.29, 1.82) is 0 Å². The topological polar surface area (TPSA) is 52.5 Å². The lowest BCUT2D eigenvalue weighted by atomic mass is 9.94. The van der Waals surface area contributed by atoms with Gasteiger partial charge in [-0.05, 0) is 6.42 Å². The zero-order valence-electron chi connectivity index (χ0n) is 8.46. The van der Waals surface area contributed by atoms with Crippen LogP contribution in [0.4, 0.5) is 0 Å². The monoisotopic (exact) mass is 175 g/mol. The van der Waals surface area contributed by atoms with Crippen LogP contribution in [0.5, 0.6) is 0 Å². The van der Waals surface area contributed by atoms with Crippen LogP contribution in [0.2, 0.25) is 0 Å². The minimum absolute atomic E-state index is 0.173. The molecule has 74 valence electrons. The summed E-state index contributed by atoms with van der Waals surface area (Å²) in [4.78, 5) is 0. The first-order valence-electron chi connectivity index (χ1n) is 4.47. The van der Waals surface area contributed by atoms with Gasteiger partial charge in [-0.1, -0.05) is 27.7 Å². The number of hydrogen-bond donors (Lipinski definition) is 3. The summed E-state index contributed by atoms with van der Waals surface area (Å²) < 4.78 is 0. The van der Waals surface area contributed by atoms with Crippen molar-refractivity contribution in [2.45, 2.75) is 46.4 Å². The molecule has 12 heavy (non-hydrogen) atoms. The predicted octanol–water partition coefficient (Wildman–Crippen LogP) is 0.711. The number of aliphatic hydroxyl groups excluding tert-OH is 2. The van der Waals surface area contributed by atoms with Crippen molar-refractivity contribution in [3.8, 4) is 0 Å². The minimum Gasteiger partial charge on any atom is -0.392 e. The highest BCUT2D eigenvalue weighted by Gasteiger charge is 2.21. The first-order valence-corrected chi connectivity index (χ1v) is 4.47. The van der Waals surface area contributed by atoms with E-state index in [9.17, 15) is 10.2 Å². The Morgan fingerprint density at radius 1 is 1.25 bits per heavy atom. The van der Waals surface area contributed by atoms with E-state index < -0.39 is 6.23 Å². The summed E-state index contributed by atoms with van der Waals surface area (Å²) in [7, 11) is 0. The first-order chi connectivity index (χ1) is 5.38. The SMILES string of the molecule is CC[C@H](O)CNC(O)C(C)(C)C. The second kappa shape index (κ2) is 4.80. The lowest BCUT2D eigenvalue weighted by Crippen LogP contribution is -2.43. The molecule has 0 aliphatic carbocycles. The fraction of sp³-hybridized carbons (Fsp3) is 1.00. The van der Waals surface area contributed by atoms with Crippen molar-refractivity contribution < 1.29 is 10.2 Å². The van der Waals surface area contributed by atoms with Gasteiger partial charge in [-0.3, -0.25) is 5.32 Å². The van der Waals surface area contributed by atoms with E-state index in [4.69, 9.17) is 0 Å². The molecular weight excluding hydrogens is 154 g/mol. The van der Waals surface area contributed by atoms with Gasteiger partial charge < -0.3 is 10.2 Å². The Morgan fingerprint density at radius 3 is 2.08 bits per heavy atom. The van der Waals surface area contributed by atoms with Gasteiger partial charge in [-0.2, -0.15) is 0 Å². The summed E-state index contributed by atoms with van der Waals surface area (Å²) in [5, 5.41) is 21.6. The van der Waals surface area contributed by atoms with Crippen LogP contribution in [-0.2, 0) is 0 Å².